The molecule has 3 aromatic rings. The van der Waals surface area contributed by atoms with Gasteiger partial charge < -0.3 is 5.32 Å². The van der Waals surface area contributed by atoms with Crippen LogP contribution in [0.4, 0.5) is 17.3 Å². The van der Waals surface area contributed by atoms with Gasteiger partial charge >= 0.3 is 5.69 Å². The lowest BCUT2D eigenvalue weighted by Gasteiger charge is -2.11. The fourth-order valence-electron chi connectivity index (χ4n) is 2.28. The maximum Gasteiger partial charge on any atom is 0.354 e. The van der Waals surface area contributed by atoms with E-state index in [-0.39, 0.29) is 23.7 Å². The van der Waals surface area contributed by atoms with Gasteiger partial charge in [0.2, 0.25) is 11.6 Å². The number of carbonyl (C=O) groups excluding carboxylic acids is 1. The minimum Gasteiger partial charge on any atom is -0.360 e. The van der Waals surface area contributed by atoms with Crippen molar-refractivity contribution in [2.45, 2.75) is 6.54 Å². The molecule has 0 aliphatic rings. The lowest BCUT2D eigenvalue weighted by Crippen LogP contribution is -2.30. The Kier molecular flexibility index (Phi) is 5.92. The molecule has 142 valence electrons. The number of nitrogens with one attached hydrogen (secondary N) is 3. The third kappa shape index (κ3) is 4.48. The van der Waals surface area contributed by atoms with E-state index in [4.69, 9.17) is 11.6 Å². The van der Waals surface area contributed by atoms with E-state index in [0.717, 1.165) is 11.9 Å². The lowest BCUT2D eigenvalue weighted by atomic mass is 10.2. The first-order valence-electron chi connectivity index (χ1n) is 7.99. The van der Waals surface area contributed by atoms with Crippen LogP contribution in [0.5, 0.6) is 0 Å². The van der Waals surface area contributed by atoms with E-state index in [1.807, 2.05) is 0 Å². The Hall–Kier alpha value is -3.79. The molecule has 2 aromatic heterocycles. The molecule has 10 nitrogen and oxygen atoms in total. The van der Waals surface area contributed by atoms with Gasteiger partial charge in [0.1, 0.15) is 6.33 Å². The third-order valence-electron chi connectivity index (χ3n) is 3.63. The second-order valence-electron chi connectivity index (χ2n) is 5.44. The van der Waals surface area contributed by atoms with Gasteiger partial charge in [-0.2, -0.15) is 0 Å². The number of pyridine rings is 1. The van der Waals surface area contributed by atoms with Gasteiger partial charge in [-0.1, -0.05) is 29.8 Å². The highest BCUT2D eigenvalue weighted by Crippen LogP contribution is 2.29. The maximum absolute atomic E-state index is 12.1. The van der Waals surface area contributed by atoms with Gasteiger partial charge in [-0.05, 0) is 23.8 Å². The number of halogens is 1. The molecule has 0 aliphatic carbocycles. The van der Waals surface area contributed by atoms with Crippen LogP contribution in [-0.4, -0.2) is 25.8 Å². The van der Waals surface area contributed by atoms with Crippen molar-refractivity contribution in [3.05, 3.63) is 81.4 Å². The zero-order valence-corrected chi connectivity index (χ0v) is 15.1. The molecule has 0 saturated heterocycles. The monoisotopic (exact) mass is 399 g/mol. The summed E-state index contributed by atoms with van der Waals surface area (Å²) in [5, 5.41) is 14.9. The van der Waals surface area contributed by atoms with Gasteiger partial charge in [0.15, 0.2) is 0 Å². The minimum atomic E-state index is -0.645. The first-order valence-corrected chi connectivity index (χ1v) is 8.37. The Morgan fingerprint density at radius 3 is 2.64 bits per heavy atom. The number of aromatic nitrogens is 3. The average molecular weight is 400 g/mol. The maximum atomic E-state index is 12.1. The summed E-state index contributed by atoms with van der Waals surface area (Å²) >= 11 is 6.10. The fraction of sp³-hybridized carbons (Fsp3) is 0.0588. The largest absolute Gasteiger partial charge is 0.360 e. The highest BCUT2D eigenvalue weighted by atomic mass is 35.5. The van der Waals surface area contributed by atoms with Crippen LogP contribution in [0, 0.1) is 10.1 Å². The number of carbonyl (C=O) groups is 1. The van der Waals surface area contributed by atoms with Crippen LogP contribution < -0.4 is 16.2 Å². The predicted molar refractivity (Wildman–Crippen MR) is 103 cm³/mol. The second kappa shape index (κ2) is 8.73. The SMILES string of the molecule is O=C(NNc1ncnc(NCc2ccccc2Cl)c1[N+](=O)[O-])c1cccnc1. The molecule has 0 aliphatic heterocycles. The summed E-state index contributed by atoms with van der Waals surface area (Å²) in [5.74, 6) is -0.705. The number of benzene rings is 1. The molecule has 0 spiro atoms. The molecule has 28 heavy (non-hydrogen) atoms. The number of nitrogens with zero attached hydrogens (tertiary/aromatic N) is 4. The zero-order chi connectivity index (χ0) is 19.9. The van der Waals surface area contributed by atoms with Gasteiger partial charge in [-0.25, -0.2) is 9.97 Å². The number of rotatable bonds is 7. The number of hydrogen-bond acceptors (Lipinski definition) is 8. The van der Waals surface area contributed by atoms with Crippen LogP contribution in [0.3, 0.4) is 0 Å². The molecule has 0 radical (unpaired) electrons. The highest BCUT2D eigenvalue weighted by Gasteiger charge is 2.23. The molecule has 3 N–H and O–H groups in total. The van der Waals surface area contributed by atoms with Gasteiger partial charge in [-0.3, -0.25) is 30.7 Å². The van der Waals surface area contributed by atoms with Gasteiger partial charge in [0.05, 0.1) is 10.5 Å². The molecule has 1 amide bonds. The Bertz CT molecular complexity index is 1000. The van der Waals surface area contributed by atoms with Gasteiger partial charge in [-0.15, -0.1) is 0 Å². The highest BCUT2D eigenvalue weighted by molar-refractivity contribution is 6.31. The molecule has 2 heterocycles. The van der Waals surface area contributed by atoms with Crippen LogP contribution in [0.15, 0.2) is 55.1 Å². The van der Waals surface area contributed by atoms with Crippen LogP contribution in [0.1, 0.15) is 15.9 Å². The van der Waals surface area contributed by atoms with E-state index in [9.17, 15) is 14.9 Å². The van der Waals surface area contributed by atoms with Crippen molar-refractivity contribution in [1.82, 2.24) is 20.4 Å². The molecule has 0 bridgehead atoms. The molecule has 0 fully saturated rings. The third-order valence-corrected chi connectivity index (χ3v) is 4.00. The van der Waals surface area contributed by atoms with E-state index in [0.29, 0.717) is 5.02 Å². The predicted octanol–water partition coefficient (Wildman–Crippen LogP) is 2.80. The Balaban J connectivity index is 1.76. The number of amides is 1. The Labute approximate surface area is 164 Å². The average Bonchev–Trinajstić information content (AvgIpc) is 2.71. The molecule has 0 saturated carbocycles. The Morgan fingerprint density at radius 2 is 1.93 bits per heavy atom. The molecule has 0 atom stereocenters. The molecular weight excluding hydrogens is 386 g/mol. The summed E-state index contributed by atoms with van der Waals surface area (Å²) in [6, 6.07) is 10.2. The minimum absolute atomic E-state index is 0.0157. The summed E-state index contributed by atoms with van der Waals surface area (Å²) in [6.45, 7) is 0.221. The van der Waals surface area contributed by atoms with Crippen molar-refractivity contribution >= 4 is 34.8 Å². The molecule has 11 heteroatoms. The standard InChI is InChI=1S/C17H14ClN7O3/c18-13-6-2-1-4-11(13)9-20-15-14(25(27)28)16(22-10-21-15)23-24-17(26)12-5-3-7-19-8-12/h1-8,10H,9H2,(H,24,26)(H2,20,21,22,23). The van der Waals surface area contributed by atoms with Crippen molar-refractivity contribution in [2.24, 2.45) is 0 Å². The fourth-order valence-corrected chi connectivity index (χ4v) is 2.48. The topological polar surface area (TPSA) is 135 Å². The van der Waals surface area contributed by atoms with Crippen molar-refractivity contribution < 1.29 is 9.72 Å². The number of hydrogen-bond donors (Lipinski definition) is 3. The summed E-state index contributed by atoms with van der Waals surface area (Å²) in [5.41, 5.74) is 5.42. The summed E-state index contributed by atoms with van der Waals surface area (Å²) in [7, 11) is 0. The van der Waals surface area contributed by atoms with Crippen LogP contribution in [0.2, 0.25) is 5.02 Å². The van der Waals surface area contributed by atoms with E-state index in [1.54, 1.807) is 36.4 Å². The molecule has 1 aromatic carbocycles. The van der Waals surface area contributed by atoms with E-state index >= 15 is 0 Å². The van der Waals surface area contributed by atoms with Crippen LogP contribution >= 0.6 is 11.6 Å². The van der Waals surface area contributed by atoms with Crippen molar-refractivity contribution in [3.8, 4) is 0 Å². The van der Waals surface area contributed by atoms with E-state index in [2.05, 4.69) is 31.1 Å². The second-order valence-corrected chi connectivity index (χ2v) is 5.85. The lowest BCUT2D eigenvalue weighted by molar-refractivity contribution is -0.383. The first-order chi connectivity index (χ1) is 13.6. The zero-order valence-electron chi connectivity index (χ0n) is 14.3. The Morgan fingerprint density at radius 1 is 1.14 bits per heavy atom. The quantitative estimate of drug-likeness (QED) is 0.407. The smallest absolute Gasteiger partial charge is 0.354 e. The van der Waals surface area contributed by atoms with E-state index in [1.165, 1.54) is 12.4 Å². The van der Waals surface area contributed by atoms with Crippen LogP contribution in [0.25, 0.3) is 0 Å². The normalized spacial score (nSPS) is 10.2. The summed E-state index contributed by atoms with van der Waals surface area (Å²) in [6.07, 6.45) is 4.03. The molecule has 0 unspecified atom stereocenters. The summed E-state index contributed by atoms with van der Waals surface area (Å²) in [4.78, 5) is 34.6. The molecular formula is C17H14ClN7O3. The van der Waals surface area contributed by atoms with Crippen molar-refractivity contribution in [3.63, 3.8) is 0 Å². The first kappa shape index (κ1) is 19.0. The van der Waals surface area contributed by atoms with E-state index < -0.39 is 16.5 Å². The van der Waals surface area contributed by atoms with Crippen LogP contribution in [-0.2, 0) is 6.54 Å². The van der Waals surface area contributed by atoms with Crippen molar-refractivity contribution in [2.75, 3.05) is 10.7 Å². The van der Waals surface area contributed by atoms with Gasteiger partial charge in [0.25, 0.3) is 5.91 Å². The number of nitro groups is 1. The molecule has 3 rings (SSSR count). The van der Waals surface area contributed by atoms with Gasteiger partial charge in [0, 0.05) is 24.0 Å². The number of hydrazine groups is 1. The van der Waals surface area contributed by atoms with Crippen molar-refractivity contribution in [1.29, 1.82) is 0 Å². The number of anilines is 2. The summed E-state index contributed by atoms with van der Waals surface area (Å²) < 4.78 is 0.